The summed E-state index contributed by atoms with van der Waals surface area (Å²) in [6.45, 7) is 4.79. The predicted octanol–water partition coefficient (Wildman–Crippen LogP) is 7.19. The van der Waals surface area contributed by atoms with Gasteiger partial charge in [0.2, 0.25) is 0 Å². The number of rotatable bonds is 5. The molecule has 1 heterocycles. The van der Waals surface area contributed by atoms with Gasteiger partial charge in [0.15, 0.2) is 0 Å². The molecule has 3 aromatic carbocycles. The van der Waals surface area contributed by atoms with Gasteiger partial charge in [0.05, 0.1) is 5.71 Å². The van der Waals surface area contributed by atoms with Crippen LogP contribution in [0, 0.1) is 13.8 Å². The average molecular weight is 402 g/mol. The van der Waals surface area contributed by atoms with E-state index >= 15 is 0 Å². The number of aryl methyl sites for hydroxylation is 2. The molecule has 4 rings (SSSR count). The first-order valence-electron chi connectivity index (χ1n) is 10.2. The van der Waals surface area contributed by atoms with Crippen molar-refractivity contribution < 1.29 is 4.84 Å². The van der Waals surface area contributed by atoms with Crippen LogP contribution in [0.1, 0.15) is 51.2 Å². The van der Waals surface area contributed by atoms with E-state index in [2.05, 4.69) is 79.7 Å². The van der Waals surface area contributed by atoms with Crippen molar-refractivity contribution in [3.05, 3.63) is 107 Å². The first kappa shape index (κ1) is 19.8. The molecule has 1 aliphatic heterocycles. The monoisotopic (exact) mass is 401 g/mol. The maximum atomic E-state index is 5.74. The fourth-order valence-corrected chi connectivity index (χ4v) is 5.21. The summed E-state index contributed by atoms with van der Waals surface area (Å²) in [7, 11) is 0. The van der Waals surface area contributed by atoms with Crippen LogP contribution < -0.4 is 0 Å². The Kier molecular flexibility index (Phi) is 6.36. The van der Waals surface area contributed by atoms with Crippen molar-refractivity contribution in [1.82, 2.24) is 0 Å². The zero-order valence-electron chi connectivity index (χ0n) is 17.0. The average Bonchev–Trinajstić information content (AvgIpc) is 2.75. The van der Waals surface area contributed by atoms with Gasteiger partial charge in [-0.2, -0.15) is 0 Å². The zero-order valence-corrected chi connectivity index (χ0v) is 17.9. The maximum absolute atomic E-state index is 5.74. The highest BCUT2D eigenvalue weighted by Gasteiger charge is 2.29. The summed E-state index contributed by atoms with van der Waals surface area (Å²) in [6.07, 6.45) is 1.87. The lowest BCUT2D eigenvalue weighted by molar-refractivity contribution is 0.129. The molecule has 0 aliphatic carbocycles. The Labute approximate surface area is 178 Å². The molecule has 0 spiro atoms. The van der Waals surface area contributed by atoms with Crippen LogP contribution >= 0.6 is 11.8 Å². The van der Waals surface area contributed by atoms with E-state index in [1.165, 1.54) is 22.3 Å². The first-order chi connectivity index (χ1) is 14.2. The van der Waals surface area contributed by atoms with Gasteiger partial charge in [-0.15, -0.1) is 11.8 Å². The number of oxime groups is 1. The van der Waals surface area contributed by atoms with Crippen LogP contribution in [0.15, 0.2) is 84.0 Å². The molecule has 0 aromatic heterocycles. The summed E-state index contributed by atoms with van der Waals surface area (Å²) in [5, 5.41) is 5.36. The van der Waals surface area contributed by atoms with Crippen LogP contribution in [0.4, 0.5) is 0 Å². The van der Waals surface area contributed by atoms with Crippen molar-refractivity contribution in [2.75, 3.05) is 0 Å². The van der Waals surface area contributed by atoms with E-state index in [4.69, 9.17) is 4.84 Å². The van der Waals surface area contributed by atoms with Gasteiger partial charge in [-0.05, 0) is 30.5 Å². The molecule has 0 saturated carbocycles. The molecular weight excluding hydrogens is 374 g/mol. The second kappa shape index (κ2) is 9.32. The number of nitrogens with zero attached hydrogens (tertiary/aromatic N) is 1. The lowest BCUT2D eigenvalue weighted by atomic mass is 9.99. The minimum Gasteiger partial charge on any atom is -0.391 e. The van der Waals surface area contributed by atoms with Crippen molar-refractivity contribution in [3.8, 4) is 0 Å². The van der Waals surface area contributed by atoms with E-state index in [1.54, 1.807) is 0 Å². The molecule has 148 valence electrons. The van der Waals surface area contributed by atoms with Crippen LogP contribution in [0.3, 0.4) is 0 Å². The highest BCUT2D eigenvalue weighted by molar-refractivity contribution is 7.99. The molecular formula is C26H27NOS. The molecule has 1 aliphatic rings. The van der Waals surface area contributed by atoms with Crippen LogP contribution in [0.5, 0.6) is 0 Å². The highest BCUT2D eigenvalue weighted by Crippen LogP contribution is 2.49. The Morgan fingerprint density at radius 1 is 0.759 bits per heavy atom. The summed E-state index contributed by atoms with van der Waals surface area (Å²) in [6, 6.07) is 28.1. The number of benzene rings is 3. The van der Waals surface area contributed by atoms with E-state index in [9.17, 15) is 0 Å². The molecule has 0 radical (unpaired) electrons. The molecule has 1 fully saturated rings. The third kappa shape index (κ3) is 5.30. The van der Waals surface area contributed by atoms with Gasteiger partial charge < -0.3 is 4.84 Å². The topological polar surface area (TPSA) is 21.6 Å². The van der Waals surface area contributed by atoms with Gasteiger partial charge in [-0.25, -0.2) is 0 Å². The number of hydrogen-bond acceptors (Lipinski definition) is 3. The van der Waals surface area contributed by atoms with Gasteiger partial charge in [-0.3, -0.25) is 0 Å². The van der Waals surface area contributed by atoms with Crippen molar-refractivity contribution in [1.29, 1.82) is 0 Å². The number of thioether (sulfide) groups is 1. The Bertz CT molecular complexity index is 893. The van der Waals surface area contributed by atoms with Gasteiger partial charge >= 0.3 is 0 Å². The summed E-state index contributed by atoms with van der Waals surface area (Å²) >= 11 is 2.05. The number of hydrogen-bond donors (Lipinski definition) is 0. The fourth-order valence-electron chi connectivity index (χ4n) is 3.61. The van der Waals surface area contributed by atoms with Crippen LogP contribution in [0.25, 0.3) is 0 Å². The van der Waals surface area contributed by atoms with Gasteiger partial charge in [0.25, 0.3) is 0 Å². The molecule has 3 heteroatoms. The second-order valence-electron chi connectivity index (χ2n) is 7.76. The zero-order chi connectivity index (χ0) is 20.1. The minimum atomic E-state index is 0.398. The largest absolute Gasteiger partial charge is 0.391 e. The molecule has 0 unspecified atom stereocenters. The third-order valence-corrected chi connectivity index (χ3v) is 6.87. The third-order valence-electron chi connectivity index (χ3n) is 5.34. The summed E-state index contributed by atoms with van der Waals surface area (Å²) < 4.78 is 0. The predicted molar refractivity (Wildman–Crippen MR) is 123 cm³/mol. The molecule has 0 amide bonds. The van der Waals surface area contributed by atoms with E-state index in [0.717, 1.165) is 24.1 Å². The molecule has 1 saturated heterocycles. The van der Waals surface area contributed by atoms with Crippen LogP contribution in [-0.2, 0) is 11.4 Å². The summed E-state index contributed by atoms with van der Waals surface area (Å²) in [5.41, 5.74) is 7.62. The molecule has 0 bridgehead atoms. The maximum Gasteiger partial charge on any atom is 0.142 e. The Morgan fingerprint density at radius 2 is 1.28 bits per heavy atom. The summed E-state index contributed by atoms with van der Waals surface area (Å²) in [5.74, 6) is 0. The minimum absolute atomic E-state index is 0.398. The van der Waals surface area contributed by atoms with E-state index in [0.29, 0.717) is 17.1 Å². The SMILES string of the molecule is Cc1ccc([C@@H]2CC(=NOCc3ccccc3)C[C@@H](c3ccc(C)cc3)S2)cc1. The Balaban J connectivity index is 1.53. The van der Waals surface area contributed by atoms with Crippen LogP contribution in [-0.4, -0.2) is 5.71 Å². The quantitative estimate of drug-likeness (QED) is 0.422. The Morgan fingerprint density at radius 3 is 1.79 bits per heavy atom. The molecule has 29 heavy (non-hydrogen) atoms. The van der Waals surface area contributed by atoms with Gasteiger partial charge in [0, 0.05) is 23.3 Å². The molecule has 2 nitrogen and oxygen atoms in total. The van der Waals surface area contributed by atoms with E-state index in [-0.39, 0.29) is 0 Å². The van der Waals surface area contributed by atoms with Crippen LogP contribution in [0.2, 0.25) is 0 Å². The highest BCUT2D eigenvalue weighted by atomic mass is 32.2. The second-order valence-corrected chi connectivity index (χ2v) is 9.17. The van der Waals surface area contributed by atoms with Crippen molar-refractivity contribution >= 4 is 17.5 Å². The smallest absolute Gasteiger partial charge is 0.142 e. The molecule has 3 aromatic rings. The van der Waals surface area contributed by atoms with Crippen molar-refractivity contribution in [3.63, 3.8) is 0 Å². The standard InChI is InChI=1S/C26H27NOS/c1-19-8-12-22(13-9-19)25-16-24(27-28-18-21-6-4-3-5-7-21)17-26(29-25)23-14-10-20(2)11-15-23/h3-15,25-26H,16-18H2,1-2H3/t25-,26-/m0/s1. The fraction of sp³-hybridized carbons (Fsp3) is 0.269. The van der Waals surface area contributed by atoms with Gasteiger partial charge in [0.1, 0.15) is 6.61 Å². The lowest BCUT2D eigenvalue weighted by Crippen LogP contribution is -2.17. The molecule has 0 N–H and O–H groups in total. The van der Waals surface area contributed by atoms with Crippen molar-refractivity contribution in [2.45, 2.75) is 43.8 Å². The van der Waals surface area contributed by atoms with E-state index in [1.807, 2.05) is 30.0 Å². The Hall–Kier alpha value is -2.52. The van der Waals surface area contributed by atoms with Gasteiger partial charge in [-0.1, -0.05) is 95.1 Å². The van der Waals surface area contributed by atoms with E-state index < -0.39 is 0 Å². The molecule has 2 atom stereocenters. The normalized spacial score (nSPS) is 19.0. The van der Waals surface area contributed by atoms with Crippen molar-refractivity contribution in [2.24, 2.45) is 5.16 Å². The lowest BCUT2D eigenvalue weighted by Gasteiger charge is -2.30. The first-order valence-corrected chi connectivity index (χ1v) is 11.1. The summed E-state index contributed by atoms with van der Waals surface area (Å²) in [4.78, 5) is 5.74.